The van der Waals surface area contributed by atoms with Gasteiger partial charge in [0.05, 0.1) is 0 Å². The van der Waals surface area contributed by atoms with Gasteiger partial charge in [-0.25, -0.2) is 0 Å². The first kappa shape index (κ1) is 15.6. The molecule has 0 aliphatic heterocycles. The van der Waals surface area contributed by atoms with Crippen molar-refractivity contribution in [1.82, 2.24) is 5.32 Å². The van der Waals surface area contributed by atoms with Gasteiger partial charge in [0.1, 0.15) is 0 Å². The lowest BCUT2D eigenvalue weighted by Gasteiger charge is -2.25. The standard InChI is InChI=1S/C18H27N3S/c1-3-21(4-2)16-9-7-15(8-10-16)19-18(22)20-17-12-13-5-6-14(17)11-13/h7-10,13-14,17H,3-6,11-12H2,1-2H3,(H2,19,20,22)/t13-,14+,17+/m0/s1. The van der Waals surface area contributed by atoms with E-state index in [1.165, 1.54) is 31.4 Å². The summed E-state index contributed by atoms with van der Waals surface area (Å²) >= 11 is 5.49. The van der Waals surface area contributed by atoms with E-state index in [-0.39, 0.29) is 0 Å². The largest absolute Gasteiger partial charge is 0.372 e. The fourth-order valence-electron chi connectivity index (χ4n) is 4.10. The molecule has 2 fully saturated rings. The maximum absolute atomic E-state index is 5.49. The van der Waals surface area contributed by atoms with Gasteiger partial charge in [-0.05, 0) is 81.4 Å². The molecular formula is C18H27N3S. The van der Waals surface area contributed by atoms with Crippen LogP contribution in [0.4, 0.5) is 11.4 Å². The third-order valence-electron chi connectivity index (χ3n) is 5.31. The number of hydrogen-bond donors (Lipinski definition) is 2. The predicted molar refractivity (Wildman–Crippen MR) is 98.6 cm³/mol. The number of nitrogens with zero attached hydrogens (tertiary/aromatic N) is 1. The fourth-order valence-corrected chi connectivity index (χ4v) is 4.37. The highest BCUT2D eigenvalue weighted by Gasteiger charge is 2.39. The van der Waals surface area contributed by atoms with Gasteiger partial charge in [-0.3, -0.25) is 0 Å². The monoisotopic (exact) mass is 317 g/mol. The third kappa shape index (κ3) is 3.37. The quantitative estimate of drug-likeness (QED) is 0.803. The summed E-state index contributed by atoms with van der Waals surface area (Å²) < 4.78 is 0. The number of rotatable bonds is 5. The van der Waals surface area contributed by atoms with E-state index in [0.717, 1.165) is 35.7 Å². The van der Waals surface area contributed by atoms with Crippen molar-refractivity contribution in [2.45, 2.75) is 45.6 Å². The summed E-state index contributed by atoms with van der Waals surface area (Å²) in [6, 6.07) is 9.14. The van der Waals surface area contributed by atoms with Gasteiger partial charge < -0.3 is 15.5 Å². The van der Waals surface area contributed by atoms with Crippen LogP contribution >= 0.6 is 12.2 Å². The molecule has 3 atom stereocenters. The zero-order valence-electron chi connectivity index (χ0n) is 13.6. The average Bonchev–Trinajstić information content (AvgIpc) is 3.12. The van der Waals surface area contributed by atoms with Gasteiger partial charge in [-0.15, -0.1) is 0 Å². The van der Waals surface area contributed by atoms with E-state index in [1.54, 1.807) is 0 Å². The van der Waals surface area contributed by atoms with E-state index in [0.29, 0.717) is 6.04 Å². The SMILES string of the molecule is CCN(CC)c1ccc(NC(=S)N[C@@H]2C[C@H]3CC[C@@H]2C3)cc1. The van der Waals surface area contributed by atoms with Crippen LogP contribution in [-0.4, -0.2) is 24.2 Å². The molecule has 0 radical (unpaired) electrons. The molecule has 1 aromatic rings. The van der Waals surface area contributed by atoms with Crippen LogP contribution in [0.5, 0.6) is 0 Å². The van der Waals surface area contributed by atoms with Crippen molar-refractivity contribution in [1.29, 1.82) is 0 Å². The lowest BCUT2D eigenvalue weighted by atomic mass is 9.96. The second-order valence-electron chi connectivity index (χ2n) is 6.60. The predicted octanol–water partition coefficient (Wildman–Crippen LogP) is 4.01. The highest BCUT2D eigenvalue weighted by molar-refractivity contribution is 7.80. The number of benzene rings is 1. The summed E-state index contributed by atoms with van der Waals surface area (Å²) in [4.78, 5) is 2.34. The van der Waals surface area contributed by atoms with Gasteiger partial charge in [0, 0.05) is 30.5 Å². The molecule has 3 nitrogen and oxygen atoms in total. The first-order valence-corrected chi connectivity index (χ1v) is 9.03. The molecule has 1 aromatic carbocycles. The Morgan fingerprint density at radius 1 is 1.14 bits per heavy atom. The zero-order valence-corrected chi connectivity index (χ0v) is 14.5. The van der Waals surface area contributed by atoms with Crippen LogP contribution in [0.1, 0.15) is 39.5 Å². The number of fused-ring (bicyclic) bond motifs is 2. The van der Waals surface area contributed by atoms with Gasteiger partial charge in [-0.1, -0.05) is 6.42 Å². The molecule has 120 valence electrons. The Labute approximate surface area is 139 Å². The van der Waals surface area contributed by atoms with Crippen molar-refractivity contribution in [3.63, 3.8) is 0 Å². The van der Waals surface area contributed by atoms with E-state index in [2.05, 4.69) is 53.6 Å². The molecule has 0 aromatic heterocycles. The Morgan fingerprint density at radius 2 is 1.86 bits per heavy atom. The second kappa shape index (κ2) is 6.86. The molecular weight excluding hydrogens is 290 g/mol. The number of nitrogens with one attached hydrogen (secondary N) is 2. The van der Waals surface area contributed by atoms with E-state index in [1.807, 2.05) is 0 Å². The van der Waals surface area contributed by atoms with E-state index < -0.39 is 0 Å². The molecule has 0 saturated heterocycles. The van der Waals surface area contributed by atoms with Gasteiger partial charge in [0.15, 0.2) is 5.11 Å². The molecule has 3 rings (SSSR count). The van der Waals surface area contributed by atoms with Crippen LogP contribution in [0.3, 0.4) is 0 Å². The minimum absolute atomic E-state index is 0.591. The van der Waals surface area contributed by atoms with Gasteiger partial charge in [-0.2, -0.15) is 0 Å². The van der Waals surface area contributed by atoms with Gasteiger partial charge >= 0.3 is 0 Å². The smallest absolute Gasteiger partial charge is 0.171 e. The fraction of sp³-hybridized carbons (Fsp3) is 0.611. The summed E-state index contributed by atoms with van der Waals surface area (Å²) in [5, 5.41) is 7.63. The lowest BCUT2D eigenvalue weighted by Crippen LogP contribution is -2.40. The minimum atomic E-state index is 0.591. The van der Waals surface area contributed by atoms with Gasteiger partial charge in [0.25, 0.3) is 0 Å². The molecule has 2 saturated carbocycles. The molecule has 2 aliphatic carbocycles. The molecule has 0 heterocycles. The van der Waals surface area contributed by atoms with Crippen LogP contribution in [0, 0.1) is 11.8 Å². The maximum atomic E-state index is 5.49. The first-order chi connectivity index (χ1) is 10.7. The number of anilines is 2. The van der Waals surface area contributed by atoms with E-state index >= 15 is 0 Å². The summed E-state index contributed by atoms with van der Waals surface area (Å²) in [5.41, 5.74) is 2.33. The van der Waals surface area contributed by atoms with Crippen molar-refractivity contribution in [2.75, 3.05) is 23.3 Å². The molecule has 2 bridgehead atoms. The van der Waals surface area contributed by atoms with Crippen LogP contribution < -0.4 is 15.5 Å². The summed E-state index contributed by atoms with van der Waals surface area (Å²) in [6.07, 6.45) is 5.51. The van der Waals surface area contributed by atoms with Crippen LogP contribution in [0.15, 0.2) is 24.3 Å². The van der Waals surface area contributed by atoms with Crippen LogP contribution in [0.2, 0.25) is 0 Å². The third-order valence-corrected chi connectivity index (χ3v) is 5.53. The summed E-state index contributed by atoms with van der Waals surface area (Å²) in [7, 11) is 0. The minimum Gasteiger partial charge on any atom is -0.372 e. The van der Waals surface area contributed by atoms with Crippen molar-refractivity contribution in [2.24, 2.45) is 11.8 Å². The van der Waals surface area contributed by atoms with E-state index in [9.17, 15) is 0 Å². The highest BCUT2D eigenvalue weighted by atomic mass is 32.1. The van der Waals surface area contributed by atoms with Crippen LogP contribution in [-0.2, 0) is 0 Å². The number of hydrogen-bond acceptors (Lipinski definition) is 2. The normalized spacial score (nSPS) is 26.0. The zero-order chi connectivity index (χ0) is 15.5. The Morgan fingerprint density at radius 3 is 2.41 bits per heavy atom. The molecule has 2 N–H and O–H groups in total. The maximum Gasteiger partial charge on any atom is 0.171 e. The molecule has 0 spiro atoms. The Bertz CT molecular complexity index is 510. The molecule has 0 amide bonds. The second-order valence-corrected chi connectivity index (χ2v) is 7.01. The Kier molecular flexibility index (Phi) is 4.87. The van der Waals surface area contributed by atoms with E-state index in [4.69, 9.17) is 12.2 Å². The molecule has 4 heteroatoms. The average molecular weight is 318 g/mol. The lowest BCUT2D eigenvalue weighted by molar-refractivity contribution is 0.392. The van der Waals surface area contributed by atoms with Crippen LogP contribution in [0.25, 0.3) is 0 Å². The van der Waals surface area contributed by atoms with Crippen molar-refractivity contribution in [3.8, 4) is 0 Å². The molecule has 22 heavy (non-hydrogen) atoms. The molecule has 2 aliphatic rings. The van der Waals surface area contributed by atoms with Crippen molar-refractivity contribution >= 4 is 28.7 Å². The number of thiocarbonyl (C=S) groups is 1. The first-order valence-electron chi connectivity index (χ1n) is 8.62. The van der Waals surface area contributed by atoms with Crippen molar-refractivity contribution < 1.29 is 0 Å². The molecule has 0 unspecified atom stereocenters. The topological polar surface area (TPSA) is 27.3 Å². The Hall–Kier alpha value is -1.29. The summed E-state index contributed by atoms with van der Waals surface area (Å²) in [6.45, 7) is 6.44. The van der Waals surface area contributed by atoms with Crippen molar-refractivity contribution in [3.05, 3.63) is 24.3 Å². The summed E-state index contributed by atoms with van der Waals surface area (Å²) in [5.74, 6) is 1.79. The highest BCUT2D eigenvalue weighted by Crippen LogP contribution is 2.44. The van der Waals surface area contributed by atoms with Gasteiger partial charge in [0.2, 0.25) is 0 Å². The Balaban J connectivity index is 1.53.